The Balaban J connectivity index is 1.47. The summed E-state index contributed by atoms with van der Waals surface area (Å²) in [4.78, 5) is 58.8. The van der Waals surface area contributed by atoms with Gasteiger partial charge in [-0.25, -0.2) is 14.5 Å². The third-order valence-corrected chi connectivity index (χ3v) is 8.32. The maximum Gasteiger partial charge on any atom is 0.352 e. The van der Waals surface area contributed by atoms with Gasteiger partial charge in [-0.3, -0.25) is 19.3 Å². The number of tetrazole rings is 1. The molecule has 17 nitrogen and oxygen atoms in total. The van der Waals surface area contributed by atoms with Crippen LogP contribution in [0.4, 0.5) is 5.13 Å². The average Bonchev–Trinajstić information content (AvgIpc) is 3.51. The summed E-state index contributed by atoms with van der Waals surface area (Å²) in [5.74, 6) is -3.52. The van der Waals surface area contributed by atoms with Crippen molar-refractivity contribution in [2.24, 2.45) is 10.9 Å². The minimum absolute atomic E-state index is 0.112. The van der Waals surface area contributed by atoms with Gasteiger partial charge in [0.25, 0.3) is 11.8 Å². The van der Waals surface area contributed by atoms with E-state index in [1.807, 2.05) is 0 Å². The van der Waals surface area contributed by atoms with Crippen molar-refractivity contribution < 1.29 is 34.2 Å². The standard InChI is InChI=1S/C18H20N10O7S3/c1-35-24-9(8-5-37-17(20)21-8)12(29)22-10-13(30)28-11(16(33)34)6(3-36-14(10)28)4-38-18-23-25-26-27(18)2-7(19)15(31)32/h5,7,10,14H,2-4,19H2,1H3,(H2,20,21)(H,22,29)(H,31,32)(H,33,34)/t7?,10?,14-/m1/s1. The monoisotopic (exact) mass is 584 g/mol. The SMILES string of the molecule is CON=C(C(=O)NC1C(=O)N2C(C(=O)O)=C(CSc3nnnn3CC(N)C(=O)O)CS[C@H]12)c1csc(N)n1. The van der Waals surface area contributed by atoms with Crippen LogP contribution in [0.2, 0.25) is 0 Å². The zero-order valence-electron chi connectivity index (χ0n) is 19.4. The van der Waals surface area contributed by atoms with Crippen molar-refractivity contribution in [2.75, 3.05) is 24.3 Å². The van der Waals surface area contributed by atoms with E-state index in [4.69, 9.17) is 21.4 Å². The van der Waals surface area contributed by atoms with Gasteiger partial charge in [-0.05, 0) is 16.0 Å². The predicted octanol–water partition coefficient (Wildman–Crippen LogP) is -1.99. The molecule has 202 valence electrons. The first-order chi connectivity index (χ1) is 18.1. The maximum absolute atomic E-state index is 13.0. The molecule has 0 aromatic carbocycles. The van der Waals surface area contributed by atoms with E-state index in [-0.39, 0.29) is 45.4 Å². The number of aliphatic carboxylic acids is 2. The van der Waals surface area contributed by atoms with Gasteiger partial charge in [-0.2, -0.15) is 0 Å². The number of hydrogen-bond donors (Lipinski definition) is 5. The fourth-order valence-electron chi connectivity index (χ4n) is 3.53. The molecule has 0 spiro atoms. The fraction of sp³-hybridized carbons (Fsp3) is 0.389. The number of fused-ring (bicyclic) bond motifs is 1. The minimum atomic E-state index is -1.31. The molecule has 0 radical (unpaired) electrons. The molecule has 2 amide bonds. The number of amides is 2. The van der Waals surface area contributed by atoms with Crippen LogP contribution in [-0.2, 0) is 30.6 Å². The topological polar surface area (TPSA) is 254 Å². The normalized spacial score (nSPS) is 20.0. The summed E-state index contributed by atoms with van der Waals surface area (Å²) in [5.41, 5.74) is 11.4. The third kappa shape index (κ3) is 5.42. The number of nitrogen functional groups attached to an aromatic ring is 1. The number of nitrogens with zero attached hydrogens (tertiary/aromatic N) is 7. The largest absolute Gasteiger partial charge is 0.480 e. The van der Waals surface area contributed by atoms with Crippen LogP contribution in [-0.4, -0.2) is 106 Å². The Labute approximate surface area is 225 Å². The van der Waals surface area contributed by atoms with Crippen LogP contribution in [0.3, 0.4) is 0 Å². The summed E-state index contributed by atoms with van der Waals surface area (Å²) in [6.45, 7) is -0.180. The highest BCUT2D eigenvalue weighted by Gasteiger charge is 2.54. The third-order valence-electron chi connectivity index (χ3n) is 5.26. The van der Waals surface area contributed by atoms with Crippen molar-refractivity contribution in [1.82, 2.24) is 35.4 Å². The summed E-state index contributed by atoms with van der Waals surface area (Å²) >= 11 is 3.44. The smallest absolute Gasteiger partial charge is 0.352 e. The molecule has 3 atom stereocenters. The van der Waals surface area contributed by atoms with Gasteiger partial charge in [0.2, 0.25) is 5.16 Å². The number of carbonyl (C=O) groups excluding carboxylic acids is 2. The molecule has 0 saturated carbocycles. The fourth-order valence-corrected chi connectivity index (χ4v) is 6.45. The van der Waals surface area contributed by atoms with Crippen molar-refractivity contribution in [3.63, 3.8) is 0 Å². The zero-order chi connectivity index (χ0) is 27.6. The van der Waals surface area contributed by atoms with Gasteiger partial charge < -0.3 is 31.8 Å². The van der Waals surface area contributed by atoms with Gasteiger partial charge in [-0.15, -0.1) is 28.2 Å². The van der Waals surface area contributed by atoms with E-state index in [9.17, 15) is 24.3 Å². The Bertz CT molecular complexity index is 1340. The minimum Gasteiger partial charge on any atom is -0.480 e. The predicted molar refractivity (Wildman–Crippen MR) is 134 cm³/mol. The van der Waals surface area contributed by atoms with Crippen molar-refractivity contribution in [3.8, 4) is 0 Å². The van der Waals surface area contributed by atoms with Crippen molar-refractivity contribution in [2.45, 2.75) is 29.2 Å². The molecule has 1 saturated heterocycles. The van der Waals surface area contributed by atoms with Crippen LogP contribution in [0.5, 0.6) is 0 Å². The van der Waals surface area contributed by atoms with Gasteiger partial charge in [0.15, 0.2) is 10.8 Å². The van der Waals surface area contributed by atoms with Gasteiger partial charge >= 0.3 is 11.9 Å². The molecule has 2 unspecified atom stereocenters. The number of β-lactam (4-membered cyclic amide) rings is 1. The lowest BCUT2D eigenvalue weighted by molar-refractivity contribution is -0.150. The lowest BCUT2D eigenvalue weighted by atomic mass is 10.0. The number of oxime groups is 1. The second kappa shape index (κ2) is 11.3. The highest BCUT2D eigenvalue weighted by molar-refractivity contribution is 8.01. The number of anilines is 1. The molecule has 2 aliphatic heterocycles. The Kier molecular flexibility index (Phi) is 8.14. The average molecular weight is 585 g/mol. The number of hydrogen-bond acceptors (Lipinski definition) is 15. The molecule has 4 heterocycles. The Morgan fingerprint density at radius 1 is 1.39 bits per heavy atom. The van der Waals surface area contributed by atoms with E-state index in [1.54, 1.807) is 0 Å². The summed E-state index contributed by atoms with van der Waals surface area (Å²) in [6, 6.07) is -2.23. The number of rotatable bonds is 11. The Morgan fingerprint density at radius 3 is 2.79 bits per heavy atom. The number of thiazole rings is 1. The first-order valence-corrected chi connectivity index (χ1v) is 13.4. The van der Waals surface area contributed by atoms with Crippen LogP contribution >= 0.6 is 34.9 Å². The molecular weight excluding hydrogens is 564 g/mol. The molecule has 0 bridgehead atoms. The van der Waals surface area contributed by atoms with E-state index in [2.05, 4.69) is 31.0 Å². The number of carbonyl (C=O) groups is 4. The van der Waals surface area contributed by atoms with Crippen LogP contribution < -0.4 is 16.8 Å². The first kappa shape index (κ1) is 27.3. The second-order valence-electron chi connectivity index (χ2n) is 7.69. The zero-order valence-corrected chi connectivity index (χ0v) is 21.8. The summed E-state index contributed by atoms with van der Waals surface area (Å²) < 4.78 is 1.21. The molecule has 7 N–H and O–H groups in total. The summed E-state index contributed by atoms with van der Waals surface area (Å²) in [5, 5.41) is 37.5. The number of aromatic nitrogens is 5. The number of carboxylic acid groups (broad SMARTS) is 2. The molecule has 2 aromatic rings. The van der Waals surface area contributed by atoms with E-state index in [0.29, 0.717) is 5.57 Å². The van der Waals surface area contributed by atoms with Gasteiger partial charge in [0.05, 0.1) is 6.54 Å². The number of carboxylic acids is 2. The van der Waals surface area contributed by atoms with Crippen molar-refractivity contribution >= 4 is 69.5 Å². The van der Waals surface area contributed by atoms with E-state index < -0.39 is 41.2 Å². The summed E-state index contributed by atoms with van der Waals surface area (Å²) in [7, 11) is 1.25. The van der Waals surface area contributed by atoms with Crippen LogP contribution in [0, 0.1) is 0 Å². The molecule has 38 heavy (non-hydrogen) atoms. The van der Waals surface area contributed by atoms with Crippen LogP contribution in [0.1, 0.15) is 5.69 Å². The molecule has 0 aliphatic carbocycles. The van der Waals surface area contributed by atoms with Gasteiger partial charge in [0.1, 0.15) is 36.0 Å². The molecule has 20 heteroatoms. The quantitative estimate of drug-likeness (QED) is 0.0828. The highest BCUT2D eigenvalue weighted by atomic mass is 32.2. The molecule has 2 aromatic heterocycles. The molecule has 4 rings (SSSR count). The molecule has 2 aliphatic rings. The van der Waals surface area contributed by atoms with E-state index in [0.717, 1.165) is 28.0 Å². The van der Waals surface area contributed by atoms with Crippen LogP contribution in [0.25, 0.3) is 0 Å². The number of nitrogens with one attached hydrogen (secondary N) is 1. The Morgan fingerprint density at radius 2 is 2.16 bits per heavy atom. The first-order valence-electron chi connectivity index (χ1n) is 10.5. The van der Waals surface area contributed by atoms with Gasteiger partial charge in [-0.1, -0.05) is 16.9 Å². The lowest BCUT2D eigenvalue weighted by Crippen LogP contribution is -2.71. The van der Waals surface area contributed by atoms with Crippen molar-refractivity contribution in [3.05, 3.63) is 22.3 Å². The molecular formula is C18H20N10O7S3. The molecule has 1 fully saturated rings. The highest BCUT2D eigenvalue weighted by Crippen LogP contribution is 2.41. The summed E-state index contributed by atoms with van der Waals surface area (Å²) in [6.07, 6.45) is 0. The number of nitrogens with two attached hydrogens (primary N) is 2. The number of thioether (sulfide) groups is 2. The van der Waals surface area contributed by atoms with Crippen LogP contribution in [0.15, 0.2) is 27.0 Å². The van der Waals surface area contributed by atoms with Gasteiger partial charge in [0, 0.05) is 16.9 Å². The maximum atomic E-state index is 13.0. The van der Waals surface area contributed by atoms with E-state index in [1.165, 1.54) is 28.9 Å². The Hall–Kier alpha value is -3.75. The van der Waals surface area contributed by atoms with Crippen molar-refractivity contribution in [1.29, 1.82) is 0 Å². The second-order valence-corrected chi connectivity index (χ2v) is 10.6. The van der Waals surface area contributed by atoms with E-state index >= 15 is 0 Å². The lowest BCUT2D eigenvalue weighted by Gasteiger charge is -2.49.